The summed E-state index contributed by atoms with van der Waals surface area (Å²) in [5.74, 6) is -0.207. The molecule has 0 bridgehead atoms. The zero-order chi connectivity index (χ0) is 23.5. The number of carbonyl (C=O) groups excluding carboxylic acids is 1. The average Bonchev–Trinajstić information content (AvgIpc) is 3.25. The van der Waals surface area contributed by atoms with Gasteiger partial charge in [0, 0.05) is 19.1 Å². The Morgan fingerprint density at radius 3 is 2.73 bits per heavy atom. The van der Waals surface area contributed by atoms with E-state index in [9.17, 15) is 9.59 Å². The Hall–Kier alpha value is -3.30. The van der Waals surface area contributed by atoms with Gasteiger partial charge in [-0.25, -0.2) is 14.2 Å². The number of rotatable bonds is 4. The lowest BCUT2D eigenvalue weighted by Crippen LogP contribution is -2.40. The lowest BCUT2D eigenvalue weighted by molar-refractivity contribution is 0.0509. The van der Waals surface area contributed by atoms with E-state index in [-0.39, 0.29) is 40.2 Å². The van der Waals surface area contributed by atoms with Crippen LogP contribution in [0.5, 0.6) is 5.75 Å². The number of ether oxygens (including phenoxy) is 2. The molecule has 5 rings (SSSR count). The number of fused-ring (bicyclic) bond motifs is 3. The predicted octanol–water partition coefficient (Wildman–Crippen LogP) is 3.73. The van der Waals surface area contributed by atoms with Crippen LogP contribution in [0.3, 0.4) is 0 Å². The van der Waals surface area contributed by atoms with E-state index in [0.717, 1.165) is 12.8 Å². The molecule has 176 valence electrons. The van der Waals surface area contributed by atoms with Gasteiger partial charge >= 0.3 is 6.09 Å². The van der Waals surface area contributed by atoms with Crippen molar-refractivity contribution in [1.29, 1.82) is 0 Å². The number of hydrogen-bond donors (Lipinski definition) is 1. The number of amides is 1. The largest absolute Gasteiger partial charge is 0.492 e. The van der Waals surface area contributed by atoms with Crippen molar-refractivity contribution < 1.29 is 23.1 Å². The molecule has 2 aliphatic rings. The summed E-state index contributed by atoms with van der Waals surface area (Å²) in [5, 5.41) is 3.31. The summed E-state index contributed by atoms with van der Waals surface area (Å²) in [6, 6.07) is 1.20. The molecule has 0 spiro atoms. The summed E-state index contributed by atoms with van der Waals surface area (Å²) in [5.41, 5.74) is 0.345. The molecule has 1 saturated heterocycles. The number of carbonyl (C=O) groups is 1. The van der Waals surface area contributed by atoms with E-state index >= 15 is 4.39 Å². The van der Waals surface area contributed by atoms with Crippen molar-refractivity contribution in [1.82, 2.24) is 14.9 Å². The first-order valence-electron chi connectivity index (χ1n) is 11.1. The zero-order valence-electron chi connectivity index (χ0n) is 19.1. The summed E-state index contributed by atoms with van der Waals surface area (Å²) >= 11 is 0. The van der Waals surface area contributed by atoms with Crippen LogP contribution >= 0.6 is 0 Å². The van der Waals surface area contributed by atoms with E-state index in [1.165, 1.54) is 19.6 Å². The number of anilines is 1. The van der Waals surface area contributed by atoms with Gasteiger partial charge in [-0.3, -0.25) is 9.36 Å². The van der Waals surface area contributed by atoms with E-state index < -0.39 is 17.5 Å². The summed E-state index contributed by atoms with van der Waals surface area (Å²) in [7, 11) is 1.47. The number of nitrogens with one attached hydrogen (secondary N) is 1. The molecule has 1 N–H and O–H groups in total. The fourth-order valence-electron chi connectivity index (χ4n) is 4.55. The maximum atomic E-state index is 15.5. The molecule has 1 aromatic carbocycles. The van der Waals surface area contributed by atoms with Gasteiger partial charge in [0.25, 0.3) is 5.56 Å². The molecule has 2 fully saturated rings. The van der Waals surface area contributed by atoms with Gasteiger partial charge < -0.3 is 24.1 Å². The highest BCUT2D eigenvalue weighted by atomic mass is 19.1. The molecule has 33 heavy (non-hydrogen) atoms. The highest BCUT2D eigenvalue weighted by Gasteiger charge is 2.35. The first-order valence-corrected chi connectivity index (χ1v) is 11.1. The fraction of sp³-hybridized carbons (Fsp3) is 0.522. The standard InChI is InChI=1S/C23H27FN4O5/c1-23(2,3)33-22(30)26-12-7-8-27(10-12)18-15(24)9-14-17(20(18)31-4)28(13-5-6-13)21(29)16-19(14)32-11-25-16/h9,11-13H,5-8,10H2,1-4H3,(H,26,30). The number of oxazole rings is 1. The van der Waals surface area contributed by atoms with Gasteiger partial charge in [0.2, 0.25) is 0 Å². The number of hydrogen-bond acceptors (Lipinski definition) is 7. The van der Waals surface area contributed by atoms with Crippen LogP contribution in [0.2, 0.25) is 0 Å². The van der Waals surface area contributed by atoms with Crippen molar-refractivity contribution >= 4 is 33.8 Å². The molecule has 10 heteroatoms. The van der Waals surface area contributed by atoms with E-state index in [0.29, 0.717) is 30.4 Å². The van der Waals surface area contributed by atoms with E-state index in [2.05, 4.69) is 10.3 Å². The van der Waals surface area contributed by atoms with Gasteiger partial charge in [0.1, 0.15) is 16.8 Å². The second-order valence-electron chi connectivity index (χ2n) is 9.65. The molecular weight excluding hydrogens is 431 g/mol. The first kappa shape index (κ1) is 21.5. The molecule has 1 unspecified atom stereocenters. The molecule has 0 radical (unpaired) electrons. The van der Waals surface area contributed by atoms with Crippen LogP contribution in [0.25, 0.3) is 22.0 Å². The van der Waals surface area contributed by atoms with Crippen LogP contribution in [-0.2, 0) is 4.74 Å². The second kappa shape index (κ2) is 7.64. The molecule has 3 heterocycles. The third kappa shape index (κ3) is 3.77. The monoisotopic (exact) mass is 458 g/mol. The Kier molecular flexibility index (Phi) is 4.98. The van der Waals surface area contributed by atoms with Gasteiger partial charge in [-0.15, -0.1) is 0 Å². The quantitative estimate of drug-likeness (QED) is 0.636. The lowest BCUT2D eigenvalue weighted by atomic mass is 10.1. The van der Waals surface area contributed by atoms with Crippen molar-refractivity contribution in [2.45, 2.75) is 57.7 Å². The van der Waals surface area contributed by atoms with Gasteiger partial charge in [0.15, 0.2) is 29.1 Å². The summed E-state index contributed by atoms with van der Waals surface area (Å²) < 4.78 is 33.7. The molecule has 1 saturated carbocycles. The van der Waals surface area contributed by atoms with E-state index in [4.69, 9.17) is 13.9 Å². The number of halogens is 1. The molecule has 3 aromatic rings. The molecule has 1 aliphatic carbocycles. The van der Waals surface area contributed by atoms with Crippen LogP contribution < -0.4 is 20.5 Å². The Morgan fingerprint density at radius 2 is 2.06 bits per heavy atom. The van der Waals surface area contributed by atoms with E-state index in [1.54, 1.807) is 25.3 Å². The number of methoxy groups -OCH3 is 1. The number of benzene rings is 1. The molecule has 1 aliphatic heterocycles. The predicted molar refractivity (Wildman–Crippen MR) is 121 cm³/mol. The van der Waals surface area contributed by atoms with Crippen LogP contribution in [0.1, 0.15) is 46.1 Å². The van der Waals surface area contributed by atoms with Gasteiger partial charge in [0.05, 0.1) is 18.5 Å². The zero-order valence-corrected chi connectivity index (χ0v) is 19.1. The maximum Gasteiger partial charge on any atom is 0.407 e. The van der Waals surface area contributed by atoms with Crippen LogP contribution in [0, 0.1) is 5.82 Å². The summed E-state index contributed by atoms with van der Waals surface area (Å²) in [6.07, 6.45) is 3.04. The van der Waals surface area contributed by atoms with Crippen molar-refractivity contribution in [3.8, 4) is 5.75 Å². The van der Waals surface area contributed by atoms with Crippen LogP contribution in [0.4, 0.5) is 14.9 Å². The SMILES string of the molecule is COc1c(N2CCC(NC(=O)OC(C)(C)C)C2)c(F)cc2c3ocnc3c(=O)n(C3CC3)c12. The Bertz CT molecular complexity index is 1300. The third-order valence-electron chi connectivity index (χ3n) is 6.00. The normalized spacial score (nSPS) is 18.8. The maximum absolute atomic E-state index is 15.5. The minimum absolute atomic E-state index is 0.0217. The highest BCUT2D eigenvalue weighted by molar-refractivity contribution is 6.05. The highest BCUT2D eigenvalue weighted by Crippen LogP contribution is 2.45. The Balaban J connectivity index is 1.57. The minimum atomic E-state index is -0.603. The number of pyridine rings is 1. The lowest BCUT2D eigenvalue weighted by Gasteiger charge is -2.25. The van der Waals surface area contributed by atoms with E-state index in [1.807, 2.05) is 4.90 Å². The fourth-order valence-corrected chi connectivity index (χ4v) is 4.55. The van der Waals surface area contributed by atoms with Gasteiger partial charge in [-0.1, -0.05) is 0 Å². The Morgan fingerprint density at radius 1 is 1.30 bits per heavy atom. The Labute approximate surface area is 189 Å². The number of aromatic nitrogens is 2. The molecule has 1 atom stereocenters. The average molecular weight is 458 g/mol. The van der Waals surface area contributed by atoms with Crippen LogP contribution in [0.15, 0.2) is 21.7 Å². The van der Waals surface area contributed by atoms with Crippen molar-refractivity contribution in [3.63, 3.8) is 0 Å². The molecular formula is C23H27FN4O5. The van der Waals surface area contributed by atoms with Crippen LogP contribution in [-0.4, -0.2) is 47.5 Å². The van der Waals surface area contributed by atoms with Crippen molar-refractivity contribution in [2.24, 2.45) is 0 Å². The van der Waals surface area contributed by atoms with Gasteiger partial charge in [-0.05, 0) is 46.1 Å². The minimum Gasteiger partial charge on any atom is -0.492 e. The third-order valence-corrected chi connectivity index (χ3v) is 6.00. The molecule has 1 amide bonds. The topological polar surface area (TPSA) is 98.8 Å². The summed E-state index contributed by atoms with van der Waals surface area (Å²) in [6.45, 7) is 6.29. The van der Waals surface area contributed by atoms with Crippen molar-refractivity contribution in [3.05, 3.63) is 28.6 Å². The number of nitrogens with zero attached hydrogens (tertiary/aromatic N) is 3. The molecule has 9 nitrogen and oxygen atoms in total. The smallest absolute Gasteiger partial charge is 0.407 e. The summed E-state index contributed by atoms with van der Waals surface area (Å²) in [4.78, 5) is 31.3. The van der Waals surface area contributed by atoms with Gasteiger partial charge in [-0.2, -0.15) is 0 Å². The van der Waals surface area contributed by atoms with Crippen molar-refractivity contribution in [2.75, 3.05) is 25.1 Å². The number of alkyl carbamates (subject to hydrolysis) is 1. The molecule has 2 aromatic heterocycles. The first-order chi connectivity index (χ1) is 15.7. The second-order valence-corrected chi connectivity index (χ2v) is 9.65.